The number of hydrogen-bond donors (Lipinski definition) is 4. The summed E-state index contributed by atoms with van der Waals surface area (Å²) in [4.78, 5) is 36.2. The molecule has 1 aromatic heterocycles. The Balaban J connectivity index is 1.46. The summed E-state index contributed by atoms with van der Waals surface area (Å²) < 4.78 is 57.1. The Kier molecular flexibility index (Phi) is 11.0. The molecule has 2 heterocycles. The molecule has 4 rings (SSSR count). The summed E-state index contributed by atoms with van der Waals surface area (Å²) in [7, 11) is -0.139. The van der Waals surface area contributed by atoms with Crippen molar-refractivity contribution in [3.05, 3.63) is 66.9 Å². The molecule has 1 saturated heterocycles. The summed E-state index contributed by atoms with van der Waals surface area (Å²) in [5, 5.41) is 8.19. The van der Waals surface area contributed by atoms with Gasteiger partial charge in [-0.3, -0.25) is 9.59 Å². The number of nitrogens with one attached hydrogen (secondary N) is 3. The van der Waals surface area contributed by atoms with E-state index in [-0.39, 0.29) is 17.5 Å². The number of alkyl halides is 3. The molecule has 11 nitrogen and oxygen atoms in total. The van der Waals surface area contributed by atoms with Crippen LogP contribution < -0.4 is 25.6 Å². The van der Waals surface area contributed by atoms with E-state index in [1.165, 1.54) is 19.2 Å². The summed E-state index contributed by atoms with van der Waals surface area (Å²) >= 11 is 0. The van der Waals surface area contributed by atoms with E-state index in [2.05, 4.69) is 37.4 Å². The van der Waals surface area contributed by atoms with E-state index in [1.54, 1.807) is 24.3 Å². The molecular weight excluding hydrogens is 623 g/mol. The molecular formula is C31H38F3N7O4S. The van der Waals surface area contributed by atoms with Crippen molar-refractivity contribution in [2.24, 2.45) is 0 Å². The number of piperazine rings is 1. The number of anilines is 6. The summed E-state index contributed by atoms with van der Waals surface area (Å²) in [6.07, 6.45) is 1.73. The van der Waals surface area contributed by atoms with Gasteiger partial charge in [0.1, 0.15) is 17.1 Å². The first-order chi connectivity index (χ1) is 21.8. The number of hydrogen-bond acceptors (Lipinski definition) is 9. The van der Waals surface area contributed by atoms with Gasteiger partial charge < -0.3 is 35.0 Å². The number of ether oxygens (including phenoxy) is 1. The third-order valence-corrected chi connectivity index (χ3v) is 8.42. The first kappa shape index (κ1) is 34.4. The number of carbonyl (C=O) groups excluding carboxylic acids is 2. The predicted octanol–water partition coefficient (Wildman–Crippen LogP) is 6.08. The van der Waals surface area contributed by atoms with Crippen LogP contribution in [0.2, 0.25) is 0 Å². The van der Waals surface area contributed by atoms with Crippen molar-refractivity contribution in [3.8, 4) is 5.75 Å². The van der Waals surface area contributed by atoms with Gasteiger partial charge in [-0.15, -0.1) is 10.3 Å². The molecule has 1 aliphatic rings. The van der Waals surface area contributed by atoms with Gasteiger partial charge in [0.15, 0.2) is 0 Å². The van der Waals surface area contributed by atoms with Crippen LogP contribution in [0, 0.1) is 0 Å². The lowest BCUT2D eigenvalue weighted by atomic mass is 10.2. The maximum atomic E-state index is 13.8. The van der Waals surface area contributed by atoms with Crippen molar-refractivity contribution >= 4 is 56.6 Å². The minimum Gasteiger partial charge on any atom is -0.494 e. The molecule has 2 aromatic carbocycles. The largest absolute Gasteiger partial charge is 0.494 e. The fourth-order valence-electron chi connectivity index (χ4n) is 4.80. The van der Waals surface area contributed by atoms with Crippen LogP contribution in [0.3, 0.4) is 0 Å². The second-order valence-electron chi connectivity index (χ2n) is 11.0. The first-order valence-corrected chi connectivity index (χ1v) is 17.0. The highest BCUT2D eigenvalue weighted by atomic mass is 32.3. The highest BCUT2D eigenvalue weighted by Crippen LogP contribution is 2.37. The lowest BCUT2D eigenvalue weighted by Gasteiger charge is -2.36. The average molecular weight is 662 g/mol. The van der Waals surface area contributed by atoms with Gasteiger partial charge in [0.05, 0.1) is 12.8 Å². The molecule has 1 aliphatic heterocycles. The molecule has 0 aliphatic carbocycles. The van der Waals surface area contributed by atoms with E-state index in [0.29, 0.717) is 68.1 Å². The third-order valence-electron chi connectivity index (χ3n) is 7.14. The lowest BCUT2D eigenvalue weighted by Crippen LogP contribution is -2.48. The Hall–Kier alpha value is -4.50. The van der Waals surface area contributed by atoms with Gasteiger partial charge >= 0.3 is 6.18 Å². The van der Waals surface area contributed by atoms with E-state index in [4.69, 9.17) is 4.74 Å². The smallest absolute Gasteiger partial charge is 0.421 e. The second kappa shape index (κ2) is 14.7. The normalized spacial score (nSPS) is 14.0. The number of carbonyl (C=O) groups is 2. The molecule has 1 fully saturated rings. The van der Waals surface area contributed by atoms with Crippen LogP contribution in [0.4, 0.5) is 47.7 Å². The van der Waals surface area contributed by atoms with Crippen LogP contribution in [0.5, 0.6) is 5.75 Å². The van der Waals surface area contributed by atoms with Gasteiger partial charge in [0, 0.05) is 61.9 Å². The molecule has 3 aromatic rings. The average Bonchev–Trinajstić information content (AvgIpc) is 3.00. The van der Waals surface area contributed by atoms with Gasteiger partial charge in [-0.2, -0.15) is 18.2 Å². The summed E-state index contributed by atoms with van der Waals surface area (Å²) in [5.41, 5.74) is 0.845. The maximum absolute atomic E-state index is 13.8. The second-order valence-corrected chi connectivity index (χ2v) is 14.4. The number of halogens is 3. The lowest BCUT2D eigenvalue weighted by molar-refractivity contribution is -0.137. The van der Waals surface area contributed by atoms with Crippen molar-refractivity contribution in [1.29, 1.82) is 0 Å². The number of rotatable bonds is 12. The van der Waals surface area contributed by atoms with Crippen LogP contribution >= 0.6 is 10.3 Å². The summed E-state index contributed by atoms with van der Waals surface area (Å²) in [6, 6.07) is 11.5. The number of nitrogens with zero attached hydrogens (tertiary/aromatic N) is 4. The standard InChI is InChI=1S/C31H38F3N7O4S/c1-5-27(42)36-21-8-6-9-22(18-21)37-29-24(31(32,33)34)20-35-30(39-29)38-25-12-11-23(19-26(25)45-2)40-13-15-41(16-14-40)28(43)10-7-17-46(3,4)44/h5-6,8-9,11-12,18-20,44H,1,7,10,13-17H2,2-4H3,(H,36,42)(H2,35,37,38,39). The molecule has 46 heavy (non-hydrogen) atoms. The topological polar surface area (TPSA) is 132 Å². The fourth-order valence-corrected chi connectivity index (χ4v) is 5.65. The monoisotopic (exact) mass is 661 g/mol. The van der Waals surface area contributed by atoms with Crippen LogP contribution in [0.15, 0.2) is 61.3 Å². The Morgan fingerprint density at radius 1 is 1.09 bits per heavy atom. The highest BCUT2D eigenvalue weighted by molar-refractivity contribution is 8.28. The van der Waals surface area contributed by atoms with Crippen LogP contribution in [0.1, 0.15) is 18.4 Å². The molecule has 15 heteroatoms. The zero-order valence-corrected chi connectivity index (χ0v) is 26.7. The molecule has 0 saturated carbocycles. The third kappa shape index (κ3) is 9.50. The molecule has 0 unspecified atom stereocenters. The quantitative estimate of drug-likeness (QED) is 0.171. The fraction of sp³-hybridized carbons (Fsp3) is 0.355. The minimum atomic E-state index is -4.74. The zero-order chi connectivity index (χ0) is 33.5. The van der Waals surface area contributed by atoms with Crippen molar-refractivity contribution in [3.63, 3.8) is 0 Å². The Labute approximate surface area is 267 Å². The van der Waals surface area contributed by atoms with Crippen molar-refractivity contribution in [2.75, 3.05) is 72.4 Å². The highest BCUT2D eigenvalue weighted by Gasteiger charge is 2.35. The molecule has 0 radical (unpaired) electrons. The van der Waals surface area contributed by atoms with E-state index >= 15 is 0 Å². The maximum Gasteiger partial charge on any atom is 0.421 e. The molecule has 4 N–H and O–H groups in total. The van der Waals surface area contributed by atoms with Crippen molar-refractivity contribution in [1.82, 2.24) is 14.9 Å². The van der Waals surface area contributed by atoms with E-state index < -0.39 is 33.8 Å². The van der Waals surface area contributed by atoms with Crippen LogP contribution in [0.25, 0.3) is 0 Å². The van der Waals surface area contributed by atoms with E-state index in [1.807, 2.05) is 23.5 Å². The van der Waals surface area contributed by atoms with Gasteiger partial charge in [-0.05, 0) is 61.1 Å². The number of benzene rings is 2. The van der Waals surface area contributed by atoms with E-state index in [0.717, 1.165) is 11.8 Å². The number of amides is 2. The van der Waals surface area contributed by atoms with Crippen molar-refractivity contribution in [2.45, 2.75) is 19.0 Å². The van der Waals surface area contributed by atoms with Gasteiger partial charge in [0.2, 0.25) is 17.8 Å². The Morgan fingerprint density at radius 2 is 1.80 bits per heavy atom. The zero-order valence-electron chi connectivity index (χ0n) is 25.9. The van der Waals surface area contributed by atoms with Gasteiger partial charge in [0.25, 0.3) is 0 Å². The minimum absolute atomic E-state index is 0.0815. The molecule has 248 valence electrons. The molecule has 2 amide bonds. The molecule has 0 atom stereocenters. The van der Waals surface area contributed by atoms with Gasteiger partial charge in [-0.1, -0.05) is 12.6 Å². The van der Waals surface area contributed by atoms with Crippen LogP contribution in [-0.4, -0.2) is 82.8 Å². The summed E-state index contributed by atoms with van der Waals surface area (Å²) in [5.74, 6) is 0.0952. The first-order valence-electron chi connectivity index (χ1n) is 14.4. The summed E-state index contributed by atoms with van der Waals surface area (Å²) in [6.45, 7) is 5.75. The van der Waals surface area contributed by atoms with Gasteiger partial charge in [-0.25, -0.2) is 4.98 Å². The number of methoxy groups -OCH3 is 1. The number of aromatic nitrogens is 2. The SMILES string of the molecule is C=CC(=O)Nc1cccc(Nc2nc(Nc3ccc(N4CCN(C(=O)CCCS(C)(C)O)CC4)cc3OC)ncc2C(F)(F)F)c1. The van der Waals surface area contributed by atoms with E-state index in [9.17, 15) is 27.3 Å². The Morgan fingerprint density at radius 3 is 2.46 bits per heavy atom. The van der Waals surface area contributed by atoms with Crippen molar-refractivity contribution < 1.29 is 32.0 Å². The molecule has 0 spiro atoms. The Bertz CT molecular complexity index is 1560. The van der Waals surface area contributed by atoms with Crippen LogP contribution in [-0.2, 0) is 15.8 Å². The molecule has 0 bridgehead atoms. The predicted molar refractivity (Wildman–Crippen MR) is 177 cm³/mol.